The molecule has 0 saturated carbocycles. The van der Waals surface area contributed by atoms with E-state index in [4.69, 9.17) is 27.9 Å². The highest BCUT2D eigenvalue weighted by Gasteiger charge is 2.25. The van der Waals surface area contributed by atoms with Crippen LogP contribution in [-0.2, 0) is 11.2 Å². The predicted molar refractivity (Wildman–Crippen MR) is 132 cm³/mol. The van der Waals surface area contributed by atoms with Crippen LogP contribution in [0.4, 0.5) is 0 Å². The van der Waals surface area contributed by atoms with Crippen LogP contribution in [0.1, 0.15) is 25.8 Å². The van der Waals surface area contributed by atoms with Crippen molar-refractivity contribution in [3.8, 4) is 0 Å². The number of aliphatic hydroxyl groups is 1. The minimum Gasteiger partial charge on any atom is -0.387 e. The number of hydrogen-bond donors (Lipinski definition) is 3. The van der Waals surface area contributed by atoms with E-state index in [2.05, 4.69) is 20.5 Å². The quantitative estimate of drug-likeness (QED) is 0.188. The summed E-state index contributed by atoms with van der Waals surface area (Å²) in [6, 6.07) is 5.60. The van der Waals surface area contributed by atoms with Crippen molar-refractivity contribution in [1.29, 1.82) is 0 Å². The van der Waals surface area contributed by atoms with Crippen molar-refractivity contribution in [3.05, 3.63) is 33.8 Å². The van der Waals surface area contributed by atoms with Crippen LogP contribution < -0.4 is 10.6 Å². The summed E-state index contributed by atoms with van der Waals surface area (Å²) in [5.74, 6) is 0.715. The van der Waals surface area contributed by atoms with E-state index in [0.29, 0.717) is 29.1 Å². The number of aliphatic imine (C=N–C) groups is 1. The van der Waals surface area contributed by atoms with Gasteiger partial charge in [-0.15, -0.1) is 24.0 Å². The van der Waals surface area contributed by atoms with Crippen LogP contribution in [-0.4, -0.2) is 74.0 Å². The molecule has 2 rings (SSSR count). The minimum absolute atomic E-state index is 0. The molecule has 9 heteroatoms. The molecule has 1 aromatic carbocycles. The average molecular weight is 559 g/mol. The molecule has 1 fully saturated rings. The Balaban J connectivity index is 0.00000420. The van der Waals surface area contributed by atoms with Gasteiger partial charge >= 0.3 is 0 Å². The van der Waals surface area contributed by atoms with Crippen molar-refractivity contribution >= 4 is 53.1 Å². The Morgan fingerprint density at radius 1 is 1.28 bits per heavy atom. The Kier molecular flexibility index (Phi) is 12.8. The van der Waals surface area contributed by atoms with Gasteiger partial charge in [0.15, 0.2) is 5.96 Å². The fourth-order valence-corrected chi connectivity index (χ4v) is 3.60. The highest BCUT2D eigenvalue weighted by atomic mass is 127. The summed E-state index contributed by atoms with van der Waals surface area (Å²) in [5, 5.41) is 18.6. The number of aryl methyl sites for hydroxylation is 1. The van der Waals surface area contributed by atoms with Crippen LogP contribution in [0.3, 0.4) is 0 Å². The maximum Gasteiger partial charge on any atom is 0.191 e. The van der Waals surface area contributed by atoms with E-state index in [1.165, 1.54) is 0 Å². The zero-order valence-corrected chi connectivity index (χ0v) is 21.1. The van der Waals surface area contributed by atoms with Gasteiger partial charge in [0, 0.05) is 42.8 Å². The Hall–Kier alpha value is -0.320. The summed E-state index contributed by atoms with van der Waals surface area (Å²) in [6.07, 6.45) is 1.77. The molecule has 166 valence electrons. The van der Waals surface area contributed by atoms with Crippen LogP contribution in [0.5, 0.6) is 0 Å². The first-order valence-corrected chi connectivity index (χ1v) is 10.6. The molecule has 1 aliphatic heterocycles. The molecule has 0 amide bonds. The monoisotopic (exact) mass is 558 g/mol. The van der Waals surface area contributed by atoms with Gasteiger partial charge in [-0.2, -0.15) is 0 Å². The number of nitrogens with one attached hydrogen (secondary N) is 2. The van der Waals surface area contributed by atoms with E-state index < -0.39 is 5.60 Å². The van der Waals surface area contributed by atoms with Crippen LogP contribution in [0, 0.1) is 0 Å². The molecule has 6 nitrogen and oxygen atoms in total. The molecule has 1 saturated heterocycles. The highest BCUT2D eigenvalue weighted by Crippen LogP contribution is 2.21. The number of hydrogen-bond acceptors (Lipinski definition) is 4. The summed E-state index contributed by atoms with van der Waals surface area (Å²) in [6.45, 7) is 9.46. The van der Waals surface area contributed by atoms with E-state index in [1.807, 2.05) is 26.0 Å². The molecular formula is C20H33Cl2IN4O2. The van der Waals surface area contributed by atoms with Crippen molar-refractivity contribution in [3.63, 3.8) is 0 Å². The SMILES string of the molecule is CCNC(=NCC(C)(O)CN1CCOCC1)NCCCc1ccc(Cl)cc1Cl.I. The van der Waals surface area contributed by atoms with E-state index >= 15 is 0 Å². The third kappa shape index (κ3) is 10.5. The number of β-amino-alcohol motifs (C(OH)–C–C–N with tert-alkyl or cyclic N) is 1. The number of guanidine groups is 1. The number of nitrogens with zero attached hydrogens (tertiary/aromatic N) is 2. The fourth-order valence-electron chi connectivity index (χ4n) is 3.09. The van der Waals surface area contributed by atoms with Gasteiger partial charge in [-0.3, -0.25) is 9.89 Å². The van der Waals surface area contributed by atoms with E-state index in [-0.39, 0.29) is 24.0 Å². The Labute approximate surface area is 201 Å². The van der Waals surface area contributed by atoms with Crippen molar-refractivity contribution in [1.82, 2.24) is 15.5 Å². The highest BCUT2D eigenvalue weighted by molar-refractivity contribution is 14.0. The molecule has 1 aromatic rings. The molecule has 1 aliphatic rings. The van der Waals surface area contributed by atoms with Gasteiger partial charge in [-0.1, -0.05) is 29.3 Å². The zero-order valence-electron chi connectivity index (χ0n) is 17.2. The van der Waals surface area contributed by atoms with Crippen molar-refractivity contribution in [2.75, 3.05) is 52.5 Å². The lowest BCUT2D eigenvalue weighted by Crippen LogP contribution is -2.48. The standard InChI is InChI=1S/C20H32Cl2N4O2.HI/c1-3-23-19(24-8-4-5-16-6-7-17(21)13-18(16)22)25-14-20(2,27)15-26-9-11-28-12-10-26;/h6-7,13,27H,3-5,8-12,14-15H2,1-2H3,(H2,23,24,25);1H. The number of halogens is 3. The van der Waals surface area contributed by atoms with Gasteiger partial charge in [-0.05, 0) is 44.4 Å². The van der Waals surface area contributed by atoms with Gasteiger partial charge in [0.2, 0.25) is 0 Å². The fraction of sp³-hybridized carbons (Fsp3) is 0.650. The maximum absolute atomic E-state index is 10.7. The summed E-state index contributed by atoms with van der Waals surface area (Å²) < 4.78 is 5.36. The third-order valence-corrected chi connectivity index (χ3v) is 5.11. The molecule has 0 aliphatic carbocycles. The maximum atomic E-state index is 10.7. The van der Waals surface area contributed by atoms with Gasteiger partial charge in [0.05, 0.1) is 25.4 Å². The summed E-state index contributed by atoms with van der Waals surface area (Å²) in [4.78, 5) is 6.78. The normalized spacial score (nSPS) is 17.3. The molecule has 1 unspecified atom stereocenters. The Morgan fingerprint density at radius 3 is 2.66 bits per heavy atom. The van der Waals surface area contributed by atoms with Crippen LogP contribution in [0.25, 0.3) is 0 Å². The van der Waals surface area contributed by atoms with Crippen LogP contribution in [0.15, 0.2) is 23.2 Å². The summed E-state index contributed by atoms with van der Waals surface area (Å²) in [5.41, 5.74) is 0.208. The second kappa shape index (κ2) is 13.9. The lowest BCUT2D eigenvalue weighted by molar-refractivity contribution is -0.0179. The van der Waals surface area contributed by atoms with E-state index in [9.17, 15) is 5.11 Å². The average Bonchev–Trinajstić information content (AvgIpc) is 2.65. The smallest absolute Gasteiger partial charge is 0.191 e. The number of rotatable bonds is 9. The zero-order chi connectivity index (χ0) is 20.4. The van der Waals surface area contributed by atoms with Crippen molar-refractivity contribution in [2.24, 2.45) is 4.99 Å². The summed E-state index contributed by atoms with van der Waals surface area (Å²) in [7, 11) is 0. The second-order valence-electron chi connectivity index (χ2n) is 7.35. The predicted octanol–water partition coefficient (Wildman–Crippen LogP) is 3.18. The summed E-state index contributed by atoms with van der Waals surface area (Å²) >= 11 is 12.2. The van der Waals surface area contributed by atoms with Gasteiger partial charge < -0.3 is 20.5 Å². The van der Waals surface area contributed by atoms with Gasteiger partial charge in [0.25, 0.3) is 0 Å². The molecule has 0 bridgehead atoms. The molecule has 0 radical (unpaired) electrons. The molecule has 0 spiro atoms. The minimum atomic E-state index is -0.878. The van der Waals surface area contributed by atoms with Crippen LogP contribution >= 0.6 is 47.2 Å². The van der Waals surface area contributed by atoms with Crippen molar-refractivity contribution in [2.45, 2.75) is 32.3 Å². The number of morpholine rings is 1. The molecule has 3 N–H and O–H groups in total. The molecule has 0 aromatic heterocycles. The number of ether oxygens (including phenoxy) is 1. The number of benzene rings is 1. The third-order valence-electron chi connectivity index (χ3n) is 4.52. The molecule has 1 atom stereocenters. The van der Waals surface area contributed by atoms with Crippen molar-refractivity contribution < 1.29 is 9.84 Å². The first kappa shape index (κ1) is 26.7. The topological polar surface area (TPSA) is 69.1 Å². The first-order chi connectivity index (χ1) is 13.4. The van der Waals surface area contributed by atoms with Gasteiger partial charge in [-0.25, -0.2) is 0 Å². The lowest BCUT2D eigenvalue weighted by Gasteiger charge is -2.33. The Morgan fingerprint density at radius 2 is 2.00 bits per heavy atom. The molecule has 1 heterocycles. The van der Waals surface area contributed by atoms with Crippen LogP contribution in [0.2, 0.25) is 10.0 Å². The van der Waals surface area contributed by atoms with Gasteiger partial charge in [0.1, 0.15) is 0 Å². The van der Waals surface area contributed by atoms with E-state index in [0.717, 1.165) is 57.8 Å². The molecular weight excluding hydrogens is 526 g/mol. The first-order valence-electron chi connectivity index (χ1n) is 9.88. The lowest BCUT2D eigenvalue weighted by atomic mass is 10.1. The molecule has 29 heavy (non-hydrogen) atoms. The second-order valence-corrected chi connectivity index (χ2v) is 8.19. The largest absolute Gasteiger partial charge is 0.387 e. The van der Waals surface area contributed by atoms with E-state index in [1.54, 1.807) is 6.07 Å². The Bertz CT molecular complexity index is 641.